The van der Waals surface area contributed by atoms with E-state index in [4.69, 9.17) is 4.42 Å². The van der Waals surface area contributed by atoms with Crippen molar-refractivity contribution in [3.8, 4) is 11.5 Å². The predicted molar refractivity (Wildman–Crippen MR) is 97.3 cm³/mol. The third-order valence-corrected chi connectivity index (χ3v) is 3.92. The maximum absolute atomic E-state index is 11.3. The van der Waals surface area contributed by atoms with Crippen molar-refractivity contribution in [2.75, 3.05) is 10.6 Å². The van der Waals surface area contributed by atoms with E-state index in [1.54, 1.807) is 0 Å². The Balaban J connectivity index is 1.73. The van der Waals surface area contributed by atoms with Gasteiger partial charge in [0.25, 0.3) is 0 Å². The highest BCUT2D eigenvalue weighted by Crippen LogP contribution is 2.25. The maximum Gasteiger partial charge on any atom is 0.248 e. The topological polar surface area (TPSA) is 80.0 Å². The van der Waals surface area contributed by atoms with E-state index in [0.717, 1.165) is 28.1 Å². The number of hydrogen-bond donors (Lipinski definition) is 2. The number of benzene rings is 2. The molecule has 0 saturated heterocycles. The second-order valence-electron chi connectivity index (χ2n) is 5.83. The molecule has 0 radical (unpaired) electrons. The lowest BCUT2D eigenvalue weighted by atomic mass is 10.1. The molecule has 2 N–H and O–H groups in total. The van der Waals surface area contributed by atoms with Gasteiger partial charge in [0.2, 0.25) is 17.7 Å². The van der Waals surface area contributed by atoms with Gasteiger partial charge in [-0.2, -0.15) is 0 Å². The number of anilines is 2. The van der Waals surface area contributed by atoms with Crippen LogP contribution < -0.4 is 10.6 Å². The average Bonchev–Trinajstić information content (AvgIpc) is 3.04. The highest BCUT2D eigenvalue weighted by molar-refractivity contribution is 5.90. The second-order valence-corrected chi connectivity index (χ2v) is 5.83. The van der Waals surface area contributed by atoms with Crippen LogP contribution in [0.2, 0.25) is 0 Å². The van der Waals surface area contributed by atoms with Gasteiger partial charge < -0.3 is 15.1 Å². The Labute approximate surface area is 146 Å². The van der Waals surface area contributed by atoms with Crippen molar-refractivity contribution >= 4 is 17.3 Å². The van der Waals surface area contributed by atoms with Gasteiger partial charge in [-0.3, -0.25) is 4.79 Å². The van der Waals surface area contributed by atoms with Crippen molar-refractivity contribution < 1.29 is 9.21 Å². The third kappa shape index (κ3) is 3.85. The van der Waals surface area contributed by atoms with Crippen LogP contribution in [0.5, 0.6) is 0 Å². The molecule has 0 aliphatic carbocycles. The molecule has 0 unspecified atom stereocenters. The summed E-state index contributed by atoms with van der Waals surface area (Å²) in [6.07, 6.45) is 0. The van der Waals surface area contributed by atoms with E-state index in [2.05, 4.69) is 20.8 Å². The lowest BCUT2D eigenvalue weighted by Crippen LogP contribution is -2.09. The molecule has 0 aliphatic rings. The van der Waals surface area contributed by atoms with E-state index >= 15 is 0 Å². The van der Waals surface area contributed by atoms with Crippen LogP contribution in [0.25, 0.3) is 11.5 Å². The van der Waals surface area contributed by atoms with Crippen LogP contribution >= 0.6 is 0 Å². The van der Waals surface area contributed by atoms with Gasteiger partial charge in [-0.05, 0) is 43.2 Å². The zero-order chi connectivity index (χ0) is 17.8. The van der Waals surface area contributed by atoms with E-state index in [1.807, 2.05) is 56.3 Å². The van der Waals surface area contributed by atoms with Crippen molar-refractivity contribution in [3.05, 3.63) is 59.5 Å². The fourth-order valence-corrected chi connectivity index (χ4v) is 2.57. The van der Waals surface area contributed by atoms with E-state index < -0.39 is 0 Å². The lowest BCUT2D eigenvalue weighted by molar-refractivity contribution is -0.114. The van der Waals surface area contributed by atoms with Gasteiger partial charge in [-0.15, -0.1) is 10.2 Å². The molecule has 2 aromatic carbocycles. The smallest absolute Gasteiger partial charge is 0.248 e. The van der Waals surface area contributed by atoms with Crippen LogP contribution in [-0.2, 0) is 11.3 Å². The molecule has 0 bridgehead atoms. The monoisotopic (exact) mass is 336 g/mol. The van der Waals surface area contributed by atoms with Crippen molar-refractivity contribution in [3.63, 3.8) is 0 Å². The van der Waals surface area contributed by atoms with Crippen LogP contribution in [-0.4, -0.2) is 16.1 Å². The molecular weight excluding hydrogens is 316 g/mol. The summed E-state index contributed by atoms with van der Waals surface area (Å²) in [5.41, 5.74) is 4.66. The Bertz CT molecular complexity index is 902. The molecule has 0 fully saturated rings. The Morgan fingerprint density at radius 3 is 2.56 bits per heavy atom. The molecule has 128 valence electrons. The van der Waals surface area contributed by atoms with Gasteiger partial charge in [0.1, 0.15) is 0 Å². The second kappa shape index (κ2) is 7.17. The van der Waals surface area contributed by atoms with E-state index in [0.29, 0.717) is 18.3 Å². The van der Waals surface area contributed by atoms with Gasteiger partial charge in [0.05, 0.1) is 6.54 Å². The molecule has 25 heavy (non-hydrogen) atoms. The van der Waals surface area contributed by atoms with Gasteiger partial charge in [0.15, 0.2) is 0 Å². The third-order valence-electron chi connectivity index (χ3n) is 3.92. The first-order valence-electron chi connectivity index (χ1n) is 8.04. The van der Waals surface area contributed by atoms with Crippen LogP contribution in [0.4, 0.5) is 11.4 Å². The largest absolute Gasteiger partial charge is 0.419 e. The predicted octanol–water partition coefficient (Wildman–Crippen LogP) is 3.92. The fraction of sp³-hybridized carbons (Fsp3) is 0.211. The van der Waals surface area contributed by atoms with E-state index in [-0.39, 0.29) is 5.91 Å². The quantitative estimate of drug-likeness (QED) is 0.738. The summed E-state index contributed by atoms with van der Waals surface area (Å²) in [6.45, 7) is 5.85. The normalized spacial score (nSPS) is 10.5. The van der Waals surface area contributed by atoms with Crippen molar-refractivity contribution in [2.45, 2.75) is 27.3 Å². The number of aryl methyl sites for hydroxylation is 1. The standard InChI is InChI=1S/C19H20N4O2/c1-12-7-4-5-8-15(12)19-23-22-18(25-19)11-20-16-9-6-10-17(13(16)2)21-14(3)24/h4-10,20H,11H2,1-3H3,(H,21,24). The number of carbonyl (C=O) groups is 1. The first-order chi connectivity index (χ1) is 12.0. The number of nitrogens with one attached hydrogen (secondary N) is 2. The van der Waals surface area contributed by atoms with Crippen LogP contribution in [0.1, 0.15) is 23.9 Å². The maximum atomic E-state index is 11.3. The van der Waals surface area contributed by atoms with E-state index in [9.17, 15) is 4.79 Å². The van der Waals surface area contributed by atoms with Gasteiger partial charge in [0, 0.05) is 23.9 Å². The molecule has 3 rings (SSSR count). The molecule has 0 spiro atoms. The van der Waals surface area contributed by atoms with Crippen molar-refractivity contribution in [2.24, 2.45) is 0 Å². The van der Waals surface area contributed by atoms with Crippen LogP contribution in [0.3, 0.4) is 0 Å². The number of nitrogens with zero attached hydrogens (tertiary/aromatic N) is 2. The first-order valence-corrected chi connectivity index (χ1v) is 8.04. The van der Waals surface area contributed by atoms with Gasteiger partial charge in [-0.25, -0.2) is 0 Å². The fourth-order valence-electron chi connectivity index (χ4n) is 2.57. The molecule has 6 nitrogen and oxygen atoms in total. The summed E-state index contributed by atoms with van der Waals surface area (Å²) < 4.78 is 5.75. The number of aromatic nitrogens is 2. The molecule has 0 atom stereocenters. The van der Waals surface area contributed by atoms with E-state index in [1.165, 1.54) is 6.92 Å². The number of hydrogen-bond acceptors (Lipinski definition) is 5. The highest BCUT2D eigenvalue weighted by Gasteiger charge is 2.11. The van der Waals surface area contributed by atoms with Gasteiger partial charge in [-0.1, -0.05) is 24.3 Å². The Morgan fingerprint density at radius 2 is 1.80 bits per heavy atom. The summed E-state index contributed by atoms with van der Waals surface area (Å²) >= 11 is 0. The highest BCUT2D eigenvalue weighted by atomic mass is 16.4. The molecule has 0 aliphatic heterocycles. The minimum absolute atomic E-state index is 0.0972. The molecular formula is C19H20N4O2. The van der Waals surface area contributed by atoms with Crippen LogP contribution in [0.15, 0.2) is 46.9 Å². The van der Waals surface area contributed by atoms with Crippen LogP contribution in [0, 0.1) is 13.8 Å². The summed E-state index contributed by atoms with van der Waals surface area (Å²) in [5.74, 6) is 0.918. The number of rotatable bonds is 5. The molecule has 1 amide bonds. The average molecular weight is 336 g/mol. The molecule has 3 aromatic rings. The first kappa shape index (κ1) is 16.7. The summed E-state index contributed by atoms with van der Waals surface area (Å²) in [5, 5.41) is 14.3. The van der Waals surface area contributed by atoms with Gasteiger partial charge >= 0.3 is 0 Å². The van der Waals surface area contributed by atoms with Crippen molar-refractivity contribution in [1.29, 1.82) is 0 Å². The molecule has 6 heteroatoms. The SMILES string of the molecule is CC(=O)Nc1cccc(NCc2nnc(-c3ccccc3C)o2)c1C. The zero-order valence-corrected chi connectivity index (χ0v) is 14.5. The Hall–Kier alpha value is -3.15. The summed E-state index contributed by atoms with van der Waals surface area (Å²) in [7, 11) is 0. The Kier molecular flexibility index (Phi) is 4.79. The lowest BCUT2D eigenvalue weighted by Gasteiger charge is -2.12. The molecule has 1 heterocycles. The number of amides is 1. The molecule has 0 saturated carbocycles. The summed E-state index contributed by atoms with van der Waals surface area (Å²) in [6, 6.07) is 13.6. The number of carbonyl (C=O) groups excluding carboxylic acids is 1. The molecule has 1 aromatic heterocycles. The zero-order valence-electron chi connectivity index (χ0n) is 14.5. The minimum Gasteiger partial charge on any atom is -0.419 e. The van der Waals surface area contributed by atoms with Crippen molar-refractivity contribution in [1.82, 2.24) is 10.2 Å². The minimum atomic E-state index is -0.0972. The summed E-state index contributed by atoms with van der Waals surface area (Å²) in [4.78, 5) is 11.3. The Morgan fingerprint density at radius 1 is 1.04 bits per heavy atom.